The van der Waals surface area contributed by atoms with Gasteiger partial charge in [0.05, 0.1) is 24.3 Å². The van der Waals surface area contributed by atoms with Gasteiger partial charge in [-0.3, -0.25) is 0 Å². The van der Waals surface area contributed by atoms with Crippen LogP contribution in [0.5, 0.6) is 0 Å². The van der Waals surface area contributed by atoms with Crippen LogP contribution in [0.4, 0.5) is 0 Å². The van der Waals surface area contributed by atoms with E-state index in [1.807, 2.05) is 18.9 Å². The third kappa shape index (κ3) is 8.70. The van der Waals surface area contributed by atoms with Crippen LogP contribution in [0.3, 0.4) is 0 Å². The van der Waals surface area contributed by atoms with E-state index in [1.54, 1.807) is 24.3 Å². The van der Waals surface area contributed by atoms with E-state index in [0.29, 0.717) is 12.1 Å². The van der Waals surface area contributed by atoms with Crippen LogP contribution in [0, 0.1) is 45.3 Å². The summed E-state index contributed by atoms with van der Waals surface area (Å²) in [7, 11) is -20.0. The summed E-state index contributed by atoms with van der Waals surface area (Å²) in [6, 6.07) is 7.69. The molecule has 0 atom stereocenters. The van der Waals surface area contributed by atoms with Gasteiger partial charge in [-0.1, -0.05) is 0 Å². The summed E-state index contributed by atoms with van der Waals surface area (Å²) in [6.07, 6.45) is -1.48. The lowest BCUT2D eigenvalue weighted by Crippen LogP contribution is -2.36. The predicted octanol–water partition coefficient (Wildman–Crippen LogP) is -1.55. The van der Waals surface area contributed by atoms with Crippen molar-refractivity contribution in [3.05, 3.63) is 12.1 Å². The Hall–Kier alpha value is -3.18. The van der Waals surface area contributed by atoms with E-state index < -0.39 is 98.7 Å². The van der Waals surface area contributed by atoms with Crippen LogP contribution in [0.15, 0.2) is 31.7 Å². The Bertz CT molecular complexity index is 1500. The largest absolute Gasteiger partial charge is 0.243 e. The van der Waals surface area contributed by atoms with Gasteiger partial charge in [0.2, 0.25) is 40.1 Å². The Kier molecular flexibility index (Phi) is 12.2. The zero-order valence-electron chi connectivity index (χ0n) is 19.5. The van der Waals surface area contributed by atoms with Crippen molar-refractivity contribution in [2.75, 3.05) is 26.2 Å². The van der Waals surface area contributed by atoms with E-state index in [2.05, 4.69) is 0 Å². The molecule has 1 aromatic rings. The molecule has 0 aliphatic rings. The van der Waals surface area contributed by atoms with Crippen molar-refractivity contribution in [3.63, 3.8) is 0 Å². The van der Waals surface area contributed by atoms with Crippen LogP contribution in [0.25, 0.3) is 0 Å². The lowest BCUT2D eigenvalue weighted by atomic mass is 10.3. The summed E-state index contributed by atoms with van der Waals surface area (Å²) >= 11 is 0. The Balaban J connectivity index is 4.19. The van der Waals surface area contributed by atoms with Crippen molar-refractivity contribution in [1.29, 1.82) is 21.0 Å². The summed E-state index contributed by atoms with van der Waals surface area (Å²) in [5, 5.41) is 34.8. The van der Waals surface area contributed by atoms with E-state index in [0.717, 1.165) is 0 Å². The summed E-state index contributed by atoms with van der Waals surface area (Å²) in [5.74, 6) is 0. The second-order valence-electron chi connectivity index (χ2n) is 6.94. The first-order valence-electron chi connectivity index (χ1n) is 10.3. The van der Waals surface area contributed by atoms with Gasteiger partial charge < -0.3 is 0 Å². The molecule has 206 valence electrons. The van der Waals surface area contributed by atoms with E-state index in [9.17, 15) is 33.7 Å². The van der Waals surface area contributed by atoms with Gasteiger partial charge >= 0.3 is 0 Å². The van der Waals surface area contributed by atoms with Gasteiger partial charge in [0.15, 0.2) is 0 Å². The van der Waals surface area contributed by atoms with Crippen LogP contribution in [0.1, 0.15) is 25.7 Å². The van der Waals surface area contributed by atoms with Gasteiger partial charge in [0, 0.05) is 51.9 Å². The molecule has 0 saturated carbocycles. The van der Waals surface area contributed by atoms with Gasteiger partial charge in [-0.2, -0.15) is 21.0 Å². The molecular weight excluding hydrogens is 585 g/mol. The number of hydrogen-bond donors (Lipinski definition) is 4. The molecule has 0 saturated heterocycles. The minimum Gasteiger partial charge on any atom is -0.210 e. The van der Waals surface area contributed by atoms with Crippen molar-refractivity contribution in [3.8, 4) is 24.3 Å². The quantitative estimate of drug-likeness (QED) is 0.156. The fraction of sp³-hybridized carbons (Fsp3) is 0.444. The molecule has 16 nitrogen and oxygen atoms in total. The number of sulfonamides is 4. The molecule has 0 bridgehead atoms. The smallest absolute Gasteiger partial charge is 0.210 e. The highest BCUT2D eigenvalue weighted by atomic mass is 32.2. The minimum absolute atomic E-state index is 0.335. The maximum atomic E-state index is 13.3. The van der Waals surface area contributed by atoms with Gasteiger partial charge in [-0.25, -0.2) is 52.6 Å². The van der Waals surface area contributed by atoms with E-state index in [4.69, 9.17) is 21.0 Å². The molecule has 20 heteroatoms. The van der Waals surface area contributed by atoms with Gasteiger partial charge in [-0.05, 0) is 12.1 Å². The maximum absolute atomic E-state index is 13.3. The SMILES string of the molecule is N#CCCNS(=O)(=O)c1ccc(S(=O)(=O)NCCC#N)c(S(=O)(=O)NCCC#N)c1S(=O)(=O)NCCC#N. The molecule has 0 amide bonds. The van der Waals surface area contributed by atoms with Crippen LogP contribution >= 0.6 is 0 Å². The second kappa shape index (κ2) is 14.1. The number of benzene rings is 1. The third-order valence-corrected chi connectivity index (χ3v) is 10.8. The highest BCUT2D eigenvalue weighted by Gasteiger charge is 2.39. The van der Waals surface area contributed by atoms with Crippen molar-refractivity contribution in [2.45, 2.75) is 45.3 Å². The van der Waals surface area contributed by atoms with Crippen LogP contribution in [-0.4, -0.2) is 59.9 Å². The van der Waals surface area contributed by atoms with Crippen molar-refractivity contribution in [2.24, 2.45) is 0 Å². The number of hydrogen-bond acceptors (Lipinski definition) is 12. The highest BCUT2D eigenvalue weighted by molar-refractivity contribution is 7.95. The first-order chi connectivity index (χ1) is 17.7. The maximum Gasteiger partial charge on any atom is 0.243 e. The average Bonchev–Trinajstić information content (AvgIpc) is 2.83. The van der Waals surface area contributed by atoms with Crippen LogP contribution in [0.2, 0.25) is 0 Å². The van der Waals surface area contributed by atoms with Crippen LogP contribution in [-0.2, 0) is 40.1 Å². The molecule has 0 heterocycles. The number of nitrogens with one attached hydrogen (secondary N) is 4. The summed E-state index contributed by atoms with van der Waals surface area (Å²) in [5.41, 5.74) is 0. The number of nitrogens with zero attached hydrogens (tertiary/aromatic N) is 4. The zero-order valence-corrected chi connectivity index (χ0v) is 22.8. The lowest BCUT2D eigenvalue weighted by molar-refractivity contribution is 0.549. The molecule has 0 spiro atoms. The second-order valence-corrected chi connectivity index (χ2v) is 13.8. The molecule has 0 unspecified atom stereocenters. The Morgan fingerprint density at radius 3 is 0.947 bits per heavy atom. The minimum atomic E-state index is -5.14. The Morgan fingerprint density at radius 2 is 0.711 bits per heavy atom. The van der Waals surface area contributed by atoms with Gasteiger partial charge in [-0.15, -0.1) is 0 Å². The Morgan fingerprint density at radius 1 is 0.474 bits per heavy atom. The Labute approximate surface area is 221 Å². The van der Waals surface area contributed by atoms with E-state index in [-0.39, 0.29) is 12.8 Å². The molecule has 4 N–H and O–H groups in total. The number of nitriles is 4. The molecule has 38 heavy (non-hydrogen) atoms. The molecule has 1 rings (SSSR count). The topological polar surface area (TPSA) is 280 Å². The molecule has 0 aromatic heterocycles. The normalized spacial score (nSPS) is 12.1. The zero-order chi connectivity index (χ0) is 29.0. The highest BCUT2D eigenvalue weighted by Crippen LogP contribution is 2.34. The standard InChI is InChI=1S/C18H22N8O8S4/c19-7-1-11-23-35(27,28)15-5-6-16(36(29,30)24-12-2-8-20)18(38(33,34)26-14-4-10-22)17(15)37(31,32)25-13-3-9-21/h5-6,23-26H,1-4,11-14H2. The number of rotatable bonds is 16. The first-order valence-corrected chi connectivity index (χ1v) is 16.3. The van der Waals surface area contributed by atoms with Crippen molar-refractivity contribution >= 4 is 40.1 Å². The molecular formula is C18H22N8O8S4. The monoisotopic (exact) mass is 606 g/mol. The van der Waals surface area contributed by atoms with Crippen molar-refractivity contribution < 1.29 is 33.7 Å². The fourth-order valence-electron chi connectivity index (χ4n) is 2.72. The van der Waals surface area contributed by atoms with E-state index >= 15 is 0 Å². The summed E-state index contributed by atoms with van der Waals surface area (Å²) in [4.78, 5) is -5.24. The first kappa shape index (κ1) is 32.8. The van der Waals surface area contributed by atoms with Crippen LogP contribution < -0.4 is 18.9 Å². The average molecular weight is 607 g/mol. The summed E-state index contributed by atoms with van der Waals surface area (Å²) < 4.78 is 113. The lowest BCUT2D eigenvalue weighted by Gasteiger charge is -2.20. The third-order valence-electron chi connectivity index (χ3n) is 4.27. The predicted molar refractivity (Wildman–Crippen MR) is 128 cm³/mol. The van der Waals surface area contributed by atoms with Crippen molar-refractivity contribution in [1.82, 2.24) is 18.9 Å². The van der Waals surface area contributed by atoms with Gasteiger partial charge in [0.1, 0.15) is 19.6 Å². The van der Waals surface area contributed by atoms with E-state index in [1.165, 1.54) is 0 Å². The molecule has 0 radical (unpaired) electrons. The fourth-order valence-corrected chi connectivity index (χ4v) is 9.47. The van der Waals surface area contributed by atoms with Gasteiger partial charge in [0.25, 0.3) is 0 Å². The summed E-state index contributed by atoms with van der Waals surface area (Å²) in [6.45, 7) is -2.14. The molecule has 0 fully saturated rings. The molecule has 1 aromatic carbocycles. The molecule has 0 aliphatic heterocycles. The molecule has 0 aliphatic carbocycles.